The standard InChI is InChI=1S/C28H39N5O/c1-18(2)32(19(3)4)24-14-10-22(11-15-24)26-27(30-31-28(29-26)34-9)23-12-16-25(17-13-23)33(20(5)6)21(7)8/h10-21H,1-9H3. The third-order valence-corrected chi connectivity index (χ3v) is 5.95. The van der Waals surface area contributed by atoms with Crippen LogP contribution in [-0.4, -0.2) is 46.5 Å². The number of hydrogen-bond acceptors (Lipinski definition) is 6. The highest BCUT2D eigenvalue weighted by atomic mass is 16.5. The van der Waals surface area contributed by atoms with E-state index >= 15 is 0 Å². The lowest BCUT2D eigenvalue weighted by Gasteiger charge is -2.33. The molecule has 0 saturated carbocycles. The molecule has 3 aromatic rings. The van der Waals surface area contributed by atoms with Gasteiger partial charge in [0.1, 0.15) is 11.4 Å². The highest BCUT2D eigenvalue weighted by Gasteiger charge is 2.18. The summed E-state index contributed by atoms with van der Waals surface area (Å²) in [4.78, 5) is 9.48. The van der Waals surface area contributed by atoms with Crippen molar-refractivity contribution in [1.82, 2.24) is 15.2 Å². The summed E-state index contributed by atoms with van der Waals surface area (Å²) in [6.07, 6.45) is 0. The van der Waals surface area contributed by atoms with Crippen LogP contribution in [0, 0.1) is 0 Å². The maximum Gasteiger partial charge on any atom is 0.336 e. The molecule has 0 fully saturated rings. The van der Waals surface area contributed by atoms with Gasteiger partial charge in [-0.05, 0) is 79.7 Å². The summed E-state index contributed by atoms with van der Waals surface area (Å²) in [6, 6.07) is 18.9. The average molecular weight is 462 g/mol. The molecule has 0 aliphatic carbocycles. The van der Waals surface area contributed by atoms with Crippen LogP contribution < -0.4 is 14.5 Å². The van der Waals surface area contributed by atoms with Gasteiger partial charge < -0.3 is 14.5 Å². The van der Waals surface area contributed by atoms with E-state index in [9.17, 15) is 0 Å². The molecular formula is C28H39N5O. The Kier molecular flexibility index (Phi) is 8.13. The van der Waals surface area contributed by atoms with E-state index in [2.05, 4.69) is 129 Å². The third kappa shape index (κ3) is 5.49. The zero-order valence-corrected chi connectivity index (χ0v) is 22.1. The Balaban J connectivity index is 2.02. The molecule has 0 unspecified atom stereocenters. The van der Waals surface area contributed by atoms with Crippen LogP contribution in [-0.2, 0) is 0 Å². The molecule has 1 heterocycles. The second-order valence-electron chi connectivity index (χ2n) is 9.78. The fourth-order valence-electron chi connectivity index (χ4n) is 4.76. The molecule has 0 aliphatic heterocycles. The van der Waals surface area contributed by atoms with Gasteiger partial charge in [0.25, 0.3) is 0 Å². The minimum absolute atomic E-state index is 0.260. The summed E-state index contributed by atoms with van der Waals surface area (Å²) in [5, 5.41) is 8.66. The van der Waals surface area contributed by atoms with Crippen LogP contribution in [0.3, 0.4) is 0 Å². The van der Waals surface area contributed by atoms with Gasteiger partial charge in [0.05, 0.1) is 7.11 Å². The smallest absolute Gasteiger partial charge is 0.336 e. The predicted octanol–water partition coefficient (Wildman–Crippen LogP) is 6.46. The zero-order chi connectivity index (χ0) is 25.0. The van der Waals surface area contributed by atoms with E-state index in [4.69, 9.17) is 4.74 Å². The van der Waals surface area contributed by atoms with Crippen molar-refractivity contribution in [1.29, 1.82) is 0 Å². The van der Waals surface area contributed by atoms with E-state index in [-0.39, 0.29) is 6.01 Å². The van der Waals surface area contributed by atoms with Gasteiger partial charge in [0, 0.05) is 46.7 Å². The monoisotopic (exact) mass is 461 g/mol. The van der Waals surface area contributed by atoms with Gasteiger partial charge >= 0.3 is 6.01 Å². The molecule has 1 aromatic heterocycles. The average Bonchev–Trinajstić information content (AvgIpc) is 2.79. The van der Waals surface area contributed by atoms with Crippen molar-refractivity contribution in [2.45, 2.75) is 79.6 Å². The molecule has 2 aromatic carbocycles. The Morgan fingerprint density at radius 1 is 0.559 bits per heavy atom. The summed E-state index contributed by atoms with van der Waals surface area (Å²) in [5.74, 6) is 0. The van der Waals surface area contributed by atoms with Gasteiger partial charge in [-0.25, -0.2) is 0 Å². The van der Waals surface area contributed by atoms with E-state index in [1.54, 1.807) is 7.11 Å². The zero-order valence-electron chi connectivity index (χ0n) is 22.1. The molecule has 0 amide bonds. The maximum absolute atomic E-state index is 5.30. The molecular weight excluding hydrogens is 422 g/mol. The van der Waals surface area contributed by atoms with Crippen LogP contribution in [0.25, 0.3) is 22.5 Å². The fraction of sp³-hybridized carbons (Fsp3) is 0.464. The Labute approximate surface area is 205 Å². The second-order valence-corrected chi connectivity index (χ2v) is 9.78. The first-order valence-corrected chi connectivity index (χ1v) is 12.2. The molecule has 0 spiro atoms. The predicted molar refractivity (Wildman–Crippen MR) is 143 cm³/mol. The SMILES string of the molecule is COc1nnc(-c2ccc(N(C(C)C)C(C)C)cc2)c(-c2ccc(N(C(C)C)C(C)C)cc2)n1. The van der Waals surface area contributed by atoms with Crippen molar-refractivity contribution in [3.05, 3.63) is 48.5 Å². The molecule has 0 saturated heterocycles. The number of nitrogens with zero attached hydrogens (tertiary/aromatic N) is 5. The molecule has 182 valence electrons. The van der Waals surface area contributed by atoms with Gasteiger partial charge in [-0.2, -0.15) is 4.98 Å². The topological polar surface area (TPSA) is 54.4 Å². The number of ether oxygens (including phenoxy) is 1. The van der Waals surface area contributed by atoms with Crippen molar-refractivity contribution < 1.29 is 4.74 Å². The highest BCUT2D eigenvalue weighted by Crippen LogP contribution is 2.33. The number of aromatic nitrogens is 3. The lowest BCUT2D eigenvalue weighted by Crippen LogP contribution is -2.36. The number of hydrogen-bond donors (Lipinski definition) is 0. The van der Waals surface area contributed by atoms with E-state index in [1.165, 1.54) is 11.4 Å². The third-order valence-electron chi connectivity index (χ3n) is 5.95. The first-order chi connectivity index (χ1) is 16.1. The van der Waals surface area contributed by atoms with E-state index < -0.39 is 0 Å². The van der Waals surface area contributed by atoms with Gasteiger partial charge in [-0.3, -0.25) is 0 Å². The number of methoxy groups -OCH3 is 1. The number of rotatable bonds is 9. The minimum Gasteiger partial charge on any atom is -0.466 e. The molecule has 0 bridgehead atoms. The molecule has 3 rings (SSSR count). The van der Waals surface area contributed by atoms with Gasteiger partial charge in [-0.15, -0.1) is 5.10 Å². The molecule has 0 N–H and O–H groups in total. The van der Waals surface area contributed by atoms with Gasteiger partial charge in [-0.1, -0.05) is 29.4 Å². The van der Waals surface area contributed by atoms with E-state index in [0.29, 0.717) is 24.2 Å². The number of anilines is 2. The summed E-state index contributed by atoms with van der Waals surface area (Å²) in [6.45, 7) is 17.7. The quantitative estimate of drug-likeness (QED) is 0.364. The van der Waals surface area contributed by atoms with Crippen LogP contribution in [0.2, 0.25) is 0 Å². The molecule has 0 radical (unpaired) electrons. The largest absolute Gasteiger partial charge is 0.466 e. The van der Waals surface area contributed by atoms with Gasteiger partial charge in [0.15, 0.2) is 0 Å². The van der Waals surface area contributed by atoms with Crippen molar-refractivity contribution in [3.8, 4) is 28.5 Å². The Bertz CT molecular complexity index is 1040. The normalized spacial score (nSPS) is 11.6. The molecule has 0 atom stereocenters. The first-order valence-electron chi connectivity index (χ1n) is 12.2. The lowest BCUT2D eigenvalue weighted by atomic mass is 10.0. The van der Waals surface area contributed by atoms with Crippen molar-refractivity contribution in [2.24, 2.45) is 0 Å². The van der Waals surface area contributed by atoms with Crippen molar-refractivity contribution in [3.63, 3.8) is 0 Å². The molecule has 0 aliphatic rings. The molecule has 6 heteroatoms. The van der Waals surface area contributed by atoms with Crippen molar-refractivity contribution in [2.75, 3.05) is 16.9 Å². The molecule has 6 nitrogen and oxygen atoms in total. The van der Waals surface area contributed by atoms with Gasteiger partial charge in [0.2, 0.25) is 0 Å². The van der Waals surface area contributed by atoms with Crippen LogP contribution in [0.4, 0.5) is 11.4 Å². The van der Waals surface area contributed by atoms with Crippen molar-refractivity contribution >= 4 is 11.4 Å². The Morgan fingerprint density at radius 3 is 1.29 bits per heavy atom. The molecule has 34 heavy (non-hydrogen) atoms. The first kappa shape index (κ1) is 25.5. The summed E-state index contributed by atoms with van der Waals surface area (Å²) in [5.41, 5.74) is 5.84. The Hall–Kier alpha value is -3.15. The summed E-state index contributed by atoms with van der Waals surface area (Å²) in [7, 11) is 1.56. The fourth-order valence-corrected chi connectivity index (χ4v) is 4.76. The van der Waals surface area contributed by atoms with Crippen LogP contribution in [0.15, 0.2) is 48.5 Å². The van der Waals surface area contributed by atoms with E-state index in [0.717, 1.165) is 22.5 Å². The summed E-state index contributed by atoms with van der Waals surface area (Å²) < 4.78 is 5.30. The van der Waals surface area contributed by atoms with Crippen LogP contribution in [0.1, 0.15) is 55.4 Å². The maximum atomic E-state index is 5.30. The minimum atomic E-state index is 0.260. The Morgan fingerprint density at radius 2 is 0.941 bits per heavy atom. The highest BCUT2D eigenvalue weighted by molar-refractivity contribution is 5.79. The van der Waals surface area contributed by atoms with Crippen LogP contribution >= 0.6 is 0 Å². The second kappa shape index (κ2) is 10.9. The van der Waals surface area contributed by atoms with E-state index in [1.807, 2.05) is 0 Å². The summed E-state index contributed by atoms with van der Waals surface area (Å²) >= 11 is 0. The number of benzene rings is 2. The van der Waals surface area contributed by atoms with Crippen LogP contribution in [0.5, 0.6) is 6.01 Å². The lowest BCUT2D eigenvalue weighted by molar-refractivity contribution is 0.374.